The zero-order valence-electron chi connectivity index (χ0n) is 14.4. The highest BCUT2D eigenvalue weighted by molar-refractivity contribution is 5.67. The van der Waals surface area contributed by atoms with Crippen molar-refractivity contribution in [3.8, 4) is 11.1 Å². The van der Waals surface area contributed by atoms with Crippen molar-refractivity contribution >= 4 is 0 Å². The molecule has 0 aromatic heterocycles. The molecule has 4 rings (SSSR count). The van der Waals surface area contributed by atoms with Crippen molar-refractivity contribution in [2.24, 2.45) is 0 Å². The van der Waals surface area contributed by atoms with Gasteiger partial charge in [0.1, 0.15) is 0 Å². The lowest BCUT2D eigenvalue weighted by Crippen LogP contribution is -2.26. The molecule has 0 atom stereocenters. The van der Waals surface area contributed by atoms with Crippen molar-refractivity contribution in [2.45, 2.75) is 38.1 Å². The van der Waals surface area contributed by atoms with E-state index < -0.39 is 0 Å². The summed E-state index contributed by atoms with van der Waals surface area (Å²) in [7, 11) is 0. The summed E-state index contributed by atoms with van der Waals surface area (Å²) in [5.74, 6) is 0.730. The van der Waals surface area contributed by atoms with E-state index in [-0.39, 0.29) is 0 Å². The lowest BCUT2D eigenvalue weighted by atomic mass is 9.89. The molecule has 125 valence electrons. The molecule has 2 aromatic carbocycles. The van der Waals surface area contributed by atoms with Crippen LogP contribution in [0.15, 0.2) is 42.5 Å². The Morgan fingerprint density at radius 1 is 1.00 bits per heavy atom. The highest BCUT2D eigenvalue weighted by Crippen LogP contribution is 2.30. The van der Waals surface area contributed by atoms with Crippen molar-refractivity contribution in [2.75, 3.05) is 26.2 Å². The summed E-state index contributed by atoms with van der Waals surface area (Å²) in [6.45, 7) is 5.84. The Kier molecular flexibility index (Phi) is 4.96. The number of rotatable bonds is 4. The van der Waals surface area contributed by atoms with Crippen LogP contribution in [0.5, 0.6) is 0 Å². The maximum absolute atomic E-state index is 3.46. The van der Waals surface area contributed by atoms with E-state index in [2.05, 4.69) is 52.7 Å². The van der Waals surface area contributed by atoms with Crippen LogP contribution in [0, 0.1) is 6.07 Å². The molecule has 0 bridgehead atoms. The number of benzene rings is 2. The van der Waals surface area contributed by atoms with Crippen LogP contribution in [0.4, 0.5) is 0 Å². The number of hydrogen-bond acceptors (Lipinski definition) is 2. The predicted molar refractivity (Wildman–Crippen MR) is 100 cm³/mol. The molecule has 0 aliphatic carbocycles. The minimum atomic E-state index is 0.730. The first-order chi connectivity index (χ1) is 11.9. The molecule has 0 amide bonds. The van der Waals surface area contributed by atoms with Crippen molar-refractivity contribution in [1.29, 1.82) is 0 Å². The Labute approximate surface area is 145 Å². The summed E-state index contributed by atoms with van der Waals surface area (Å²) in [6.07, 6.45) is 5.22. The Morgan fingerprint density at radius 3 is 2.50 bits per heavy atom. The molecule has 2 fully saturated rings. The second kappa shape index (κ2) is 7.50. The van der Waals surface area contributed by atoms with Gasteiger partial charge < -0.3 is 5.32 Å². The van der Waals surface area contributed by atoms with Crippen molar-refractivity contribution in [3.63, 3.8) is 0 Å². The standard InChI is InChI=1S/C22H27N2/c1-2-6-22(21(5-1)17-24-15-3-4-16-24)20-9-7-18(8-10-20)19-11-13-23-14-12-19/h2,5-10,19,23H,3-4,11-17H2. The van der Waals surface area contributed by atoms with Gasteiger partial charge in [0.15, 0.2) is 0 Å². The van der Waals surface area contributed by atoms with Gasteiger partial charge in [0, 0.05) is 6.54 Å². The van der Waals surface area contributed by atoms with Crippen LogP contribution < -0.4 is 5.32 Å². The van der Waals surface area contributed by atoms with E-state index >= 15 is 0 Å². The first kappa shape index (κ1) is 15.9. The zero-order chi connectivity index (χ0) is 16.2. The third-order valence-corrected chi connectivity index (χ3v) is 5.57. The highest BCUT2D eigenvalue weighted by atomic mass is 15.1. The van der Waals surface area contributed by atoms with Crippen molar-refractivity contribution < 1.29 is 0 Å². The fraction of sp³-hybridized carbons (Fsp3) is 0.455. The molecule has 2 nitrogen and oxygen atoms in total. The van der Waals surface area contributed by atoms with Gasteiger partial charge in [-0.25, -0.2) is 0 Å². The molecule has 2 heterocycles. The topological polar surface area (TPSA) is 15.3 Å². The van der Waals surface area contributed by atoms with Gasteiger partial charge in [0.2, 0.25) is 0 Å². The molecular formula is C22H27N2. The van der Waals surface area contributed by atoms with E-state index in [1.807, 2.05) is 6.07 Å². The smallest absolute Gasteiger partial charge is 0.0240 e. The van der Waals surface area contributed by atoms with Crippen LogP contribution in [0.1, 0.15) is 42.7 Å². The lowest BCUT2D eigenvalue weighted by molar-refractivity contribution is 0.332. The van der Waals surface area contributed by atoms with E-state index in [0.717, 1.165) is 25.6 Å². The fourth-order valence-electron chi connectivity index (χ4n) is 4.15. The van der Waals surface area contributed by atoms with Gasteiger partial charge in [-0.2, -0.15) is 0 Å². The summed E-state index contributed by atoms with van der Waals surface area (Å²) < 4.78 is 0. The number of nitrogens with one attached hydrogen (secondary N) is 1. The van der Waals surface area contributed by atoms with Crippen LogP contribution >= 0.6 is 0 Å². The van der Waals surface area contributed by atoms with Crippen LogP contribution in [-0.4, -0.2) is 31.1 Å². The third kappa shape index (κ3) is 3.55. The molecule has 1 radical (unpaired) electrons. The SMILES string of the molecule is [c]1ccc(-c2ccc(C3CCNCC3)cc2)c(CN2CCCC2)c1. The molecule has 2 aliphatic heterocycles. The van der Waals surface area contributed by atoms with Crippen LogP contribution in [0.25, 0.3) is 11.1 Å². The van der Waals surface area contributed by atoms with Gasteiger partial charge in [-0.1, -0.05) is 36.4 Å². The minimum Gasteiger partial charge on any atom is -0.317 e. The number of nitrogens with zero attached hydrogens (tertiary/aromatic N) is 1. The predicted octanol–water partition coefficient (Wildman–Crippen LogP) is 4.22. The summed E-state index contributed by atoms with van der Waals surface area (Å²) in [6, 6.07) is 19.1. The molecule has 2 aliphatic rings. The summed E-state index contributed by atoms with van der Waals surface area (Å²) in [5.41, 5.74) is 5.63. The molecule has 2 saturated heterocycles. The van der Waals surface area contributed by atoms with Crippen molar-refractivity contribution in [3.05, 3.63) is 59.7 Å². The number of piperidine rings is 1. The molecule has 0 unspecified atom stereocenters. The largest absolute Gasteiger partial charge is 0.317 e. The monoisotopic (exact) mass is 319 g/mol. The third-order valence-electron chi connectivity index (χ3n) is 5.57. The van der Waals surface area contributed by atoms with Gasteiger partial charge in [-0.05, 0) is 92.2 Å². The summed E-state index contributed by atoms with van der Waals surface area (Å²) in [4.78, 5) is 2.57. The van der Waals surface area contributed by atoms with Gasteiger partial charge in [-0.15, -0.1) is 0 Å². The molecule has 0 spiro atoms. The normalized spacial score (nSPS) is 19.7. The van der Waals surface area contributed by atoms with Crippen LogP contribution in [0.3, 0.4) is 0 Å². The minimum absolute atomic E-state index is 0.730. The Hall–Kier alpha value is -1.64. The van der Waals surface area contributed by atoms with Gasteiger partial charge in [-0.3, -0.25) is 4.90 Å². The first-order valence-electron chi connectivity index (χ1n) is 9.42. The maximum atomic E-state index is 3.46. The second-order valence-electron chi connectivity index (χ2n) is 7.21. The summed E-state index contributed by atoms with van der Waals surface area (Å²) >= 11 is 0. The molecule has 2 heteroatoms. The average molecular weight is 319 g/mol. The van der Waals surface area contributed by atoms with Crippen LogP contribution in [-0.2, 0) is 6.54 Å². The molecule has 0 saturated carbocycles. The van der Waals surface area contributed by atoms with E-state index in [4.69, 9.17) is 0 Å². The van der Waals surface area contributed by atoms with E-state index in [1.165, 1.54) is 61.0 Å². The maximum Gasteiger partial charge on any atom is 0.0240 e. The molecule has 1 N–H and O–H groups in total. The highest BCUT2D eigenvalue weighted by Gasteiger charge is 2.16. The Morgan fingerprint density at radius 2 is 1.75 bits per heavy atom. The van der Waals surface area contributed by atoms with Gasteiger partial charge in [0.25, 0.3) is 0 Å². The zero-order valence-corrected chi connectivity index (χ0v) is 14.4. The van der Waals surface area contributed by atoms with E-state index in [9.17, 15) is 0 Å². The molecular weight excluding hydrogens is 292 g/mol. The van der Waals surface area contributed by atoms with E-state index in [0.29, 0.717) is 0 Å². The Bertz CT molecular complexity index is 650. The van der Waals surface area contributed by atoms with E-state index in [1.54, 1.807) is 0 Å². The van der Waals surface area contributed by atoms with Crippen molar-refractivity contribution in [1.82, 2.24) is 10.2 Å². The molecule has 24 heavy (non-hydrogen) atoms. The average Bonchev–Trinajstić information content (AvgIpc) is 3.16. The summed E-state index contributed by atoms with van der Waals surface area (Å²) in [5, 5.41) is 3.46. The van der Waals surface area contributed by atoms with Gasteiger partial charge >= 0.3 is 0 Å². The van der Waals surface area contributed by atoms with Gasteiger partial charge in [0.05, 0.1) is 0 Å². The second-order valence-corrected chi connectivity index (χ2v) is 7.21. The Balaban J connectivity index is 1.54. The number of hydrogen-bond donors (Lipinski definition) is 1. The quantitative estimate of drug-likeness (QED) is 0.908. The number of likely N-dealkylation sites (tertiary alicyclic amines) is 1. The lowest BCUT2D eigenvalue weighted by Gasteiger charge is -2.23. The fourth-order valence-corrected chi connectivity index (χ4v) is 4.15. The van der Waals surface area contributed by atoms with Crippen LogP contribution in [0.2, 0.25) is 0 Å². The first-order valence-corrected chi connectivity index (χ1v) is 9.42. The molecule has 2 aromatic rings.